The topological polar surface area (TPSA) is 66.8 Å². The van der Waals surface area contributed by atoms with Crippen LogP contribution in [0.5, 0.6) is 0 Å². The fraction of sp³-hybridized carbons (Fsp3) is 0.750. The minimum absolute atomic E-state index is 0.0793. The van der Waals surface area contributed by atoms with Gasteiger partial charge in [0, 0.05) is 25.0 Å². The van der Waals surface area contributed by atoms with Crippen molar-refractivity contribution in [3.63, 3.8) is 0 Å². The van der Waals surface area contributed by atoms with E-state index >= 15 is 0 Å². The SMILES string of the molecule is C=C(CC(=O)O)C(=O)OCCN(CCCCC(F)(F)F)CCCC(F)F. The number of carboxylic acid groups (broad SMARTS) is 1. The smallest absolute Gasteiger partial charge is 0.389 e. The third kappa shape index (κ3) is 14.6. The Morgan fingerprint density at radius 1 is 1.08 bits per heavy atom. The lowest BCUT2D eigenvalue weighted by Gasteiger charge is -2.22. The molecular weight excluding hydrogens is 365 g/mol. The zero-order valence-electron chi connectivity index (χ0n) is 14.4. The van der Waals surface area contributed by atoms with Crippen molar-refractivity contribution in [3.8, 4) is 0 Å². The van der Waals surface area contributed by atoms with E-state index in [1.54, 1.807) is 4.90 Å². The summed E-state index contributed by atoms with van der Waals surface area (Å²) >= 11 is 0. The Labute approximate surface area is 148 Å². The van der Waals surface area contributed by atoms with E-state index in [1.807, 2.05) is 0 Å². The molecule has 0 aliphatic carbocycles. The van der Waals surface area contributed by atoms with E-state index in [-0.39, 0.29) is 57.5 Å². The summed E-state index contributed by atoms with van der Waals surface area (Å²) in [4.78, 5) is 23.6. The fourth-order valence-corrected chi connectivity index (χ4v) is 2.09. The van der Waals surface area contributed by atoms with E-state index in [0.29, 0.717) is 0 Å². The lowest BCUT2D eigenvalue weighted by Crippen LogP contribution is -2.31. The molecule has 0 radical (unpaired) electrons. The van der Waals surface area contributed by atoms with Gasteiger partial charge in [-0.2, -0.15) is 13.2 Å². The lowest BCUT2D eigenvalue weighted by atomic mass is 10.2. The maximum Gasteiger partial charge on any atom is 0.389 e. The maximum atomic E-state index is 12.2. The number of rotatable bonds is 14. The number of nitrogens with zero attached hydrogens (tertiary/aromatic N) is 1. The predicted molar refractivity (Wildman–Crippen MR) is 83.9 cm³/mol. The second-order valence-electron chi connectivity index (χ2n) is 5.76. The molecule has 0 fully saturated rings. The van der Waals surface area contributed by atoms with E-state index in [1.165, 1.54) is 0 Å². The first-order valence-corrected chi connectivity index (χ1v) is 8.15. The summed E-state index contributed by atoms with van der Waals surface area (Å²) in [5, 5.41) is 8.55. The molecule has 0 unspecified atom stereocenters. The number of hydrogen-bond acceptors (Lipinski definition) is 4. The van der Waals surface area contributed by atoms with E-state index in [9.17, 15) is 31.5 Å². The van der Waals surface area contributed by atoms with Crippen molar-refractivity contribution in [2.45, 2.75) is 51.1 Å². The Balaban J connectivity index is 4.26. The van der Waals surface area contributed by atoms with Crippen molar-refractivity contribution < 1.29 is 41.4 Å². The lowest BCUT2D eigenvalue weighted by molar-refractivity contribution is -0.143. The number of alkyl halides is 5. The minimum atomic E-state index is -4.24. The molecule has 1 N–H and O–H groups in total. The average Bonchev–Trinajstić information content (AvgIpc) is 2.48. The largest absolute Gasteiger partial charge is 0.481 e. The normalized spacial score (nSPS) is 11.8. The van der Waals surface area contributed by atoms with Gasteiger partial charge in [-0.15, -0.1) is 0 Å². The van der Waals surface area contributed by atoms with Crippen molar-refractivity contribution in [1.82, 2.24) is 4.90 Å². The average molecular weight is 389 g/mol. The van der Waals surface area contributed by atoms with Gasteiger partial charge in [0.25, 0.3) is 0 Å². The standard InChI is InChI=1S/C16H24F5NO4/c1-12(11-14(23)24)15(25)26-10-9-22(8-4-5-13(17)18)7-3-2-6-16(19,20)21/h13H,1-11H2,(H,23,24). The van der Waals surface area contributed by atoms with Gasteiger partial charge in [0.1, 0.15) is 6.61 Å². The van der Waals surface area contributed by atoms with Gasteiger partial charge in [0.2, 0.25) is 6.43 Å². The van der Waals surface area contributed by atoms with Gasteiger partial charge in [-0.1, -0.05) is 6.58 Å². The first-order valence-electron chi connectivity index (χ1n) is 8.15. The zero-order valence-corrected chi connectivity index (χ0v) is 14.4. The number of aliphatic carboxylic acids is 1. The summed E-state index contributed by atoms with van der Waals surface area (Å²) in [6.07, 6.45) is -8.18. The van der Waals surface area contributed by atoms with E-state index in [0.717, 1.165) is 0 Å². The second kappa shape index (κ2) is 12.6. The van der Waals surface area contributed by atoms with Crippen LogP contribution in [0.1, 0.15) is 38.5 Å². The van der Waals surface area contributed by atoms with Gasteiger partial charge >= 0.3 is 18.1 Å². The number of carboxylic acids is 1. The van der Waals surface area contributed by atoms with Gasteiger partial charge in [0.05, 0.1) is 6.42 Å². The minimum Gasteiger partial charge on any atom is -0.481 e. The molecule has 0 rings (SSSR count). The molecule has 0 aromatic heterocycles. The van der Waals surface area contributed by atoms with Crippen LogP contribution in [0.3, 0.4) is 0 Å². The van der Waals surface area contributed by atoms with Crippen molar-refractivity contribution in [1.29, 1.82) is 0 Å². The first-order chi connectivity index (χ1) is 12.0. The molecule has 0 aliphatic rings. The molecule has 0 aromatic carbocycles. The van der Waals surface area contributed by atoms with Gasteiger partial charge in [-0.25, -0.2) is 13.6 Å². The second-order valence-corrected chi connectivity index (χ2v) is 5.76. The van der Waals surface area contributed by atoms with Crippen molar-refractivity contribution in [2.24, 2.45) is 0 Å². The third-order valence-corrected chi connectivity index (χ3v) is 3.38. The maximum absolute atomic E-state index is 12.2. The molecule has 0 atom stereocenters. The van der Waals surface area contributed by atoms with Gasteiger partial charge in [-0.05, 0) is 32.4 Å². The molecule has 0 spiro atoms. The van der Waals surface area contributed by atoms with Crippen LogP contribution >= 0.6 is 0 Å². The molecular formula is C16H24F5NO4. The number of ether oxygens (including phenoxy) is 1. The highest BCUT2D eigenvalue weighted by atomic mass is 19.4. The molecule has 0 bridgehead atoms. The summed E-state index contributed by atoms with van der Waals surface area (Å²) in [5.74, 6) is -2.11. The van der Waals surface area contributed by atoms with Gasteiger partial charge < -0.3 is 9.84 Å². The molecule has 5 nitrogen and oxygen atoms in total. The quantitative estimate of drug-likeness (QED) is 0.213. The molecule has 0 aliphatic heterocycles. The summed E-state index contributed by atoms with van der Waals surface area (Å²) in [6, 6.07) is 0. The Bertz CT molecular complexity index is 454. The van der Waals surface area contributed by atoms with Crippen LogP contribution in [0, 0.1) is 0 Å². The van der Waals surface area contributed by atoms with Crippen LogP contribution in [0.25, 0.3) is 0 Å². The van der Waals surface area contributed by atoms with E-state index < -0.39 is 37.4 Å². The summed E-state index contributed by atoms with van der Waals surface area (Å²) in [6.45, 7) is 3.80. The van der Waals surface area contributed by atoms with Crippen LogP contribution in [0.4, 0.5) is 22.0 Å². The van der Waals surface area contributed by atoms with E-state index in [4.69, 9.17) is 9.84 Å². The molecule has 0 saturated carbocycles. The van der Waals surface area contributed by atoms with Crippen LogP contribution in [-0.2, 0) is 14.3 Å². The molecule has 0 saturated heterocycles. The number of carbonyl (C=O) groups is 2. The number of hydrogen-bond donors (Lipinski definition) is 1. The number of carbonyl (C=O) groups excluding carboxylic acids is 1. The van der Waals surface area contributed by atoms with Crippen molar-refractivity contribution in [3.05, 3.63) is 12.2 Å². The van der Waals surface area contributed by atoms with Crippen LogP contribution < -0.4 is 0 Å². The van der Waals surface area contributed by atoms with E-state index in [2.05, 4.69) is 6.58 Å². The number of esters is 1. The zero-order chi connectivity index (χ0) is 20.2. The summed E-state index contributed by atoms with van der Waals surface area (Å²) in [7, 11) is 0. The molecule has 0 heterocycles. The number of unbranched alkanes of at least 4 members (excludes halogenated alkanes) is 1. The first kappa shape index (κ1) is 24.3. The number of halogens is 5. The molecule has 152 valence electrons. The van der Waals surface area contributed by atoms with Crippen molar-refractivity contribution >= 4 is 11.9 Å². The highest BCUT2D eigenvalue weighted by Gasteiger charge is 2.26. The Hall–Kier alpha value is -1.71. The Morgan fingerprint density at radius 3 is 2.23 bits per heavy atom. The highest BCUT2D eigenvalue weighted by molar-refractivity contribution is 5.92. The molecule has 26 heavy (non-hydrogen) atoms. The third-order valence-electron chi connectivity index (χ3n) is 3.38. The van der Waals surface area contributed by atoms with Crippen LogP contribution in [-0.4, -0.2) is 60.8 Å². The molecule has 10 heteroatoms. The monoisotopic (exact) mass is 389 g/mol. The van der Waals surface area contributed by atoms with Gasteiger partial charge in [-0.3, -0.25) is 9.69 Å². The highest BCUT2D eigenvalue weighted by Crippen LogP contribution is 2.22. The molecule has 0 amide bonds. The van der Waals surface area contributed by atoms with Crippen LogP contribution in [0.2, 0.25) is 0 Å². The van der Waals surface area contributed by atoms with Crippen LogP contribution in [0.15, 0.2) is 12.2 Å². The Morgan fingerprint density at radius 2 is 1.69 bits per heavy atom. The molecule has 0 aromatic rings. The summed E-state index contributed by atoms with van der Waals surface area (Å²) in [5.41, 5.74) is -0.230. The predicted octanol–water partition coefficient (Wildman–Crippen LogP) is 3.64. The summed E-state index contributed by atoms with van der Waals surface area (Å²) < 4.78 is 65.6. The van der Waals surface area contributed by atoms with Gasteiger partial charge in [0.15, 0.2) is 0 Å². The van der Waals surface area contributed by atoms with Crippen molar-refractivity contribution in [2.75, 3.05) is 26.2 Å². The fourth-order valence-electron chi connectivity index (χ4n) is 2.09. The Kier molecular flexibility index (Phi) is 11.8.